The number of hydrogen-bond acceptors (Lipinski definition) is 1. The maximum Gasteiger partial charge on any atom is 0.122 e. The predicted octanol–water partition coefficient (Wildman–Crippen LogP) is 4.60. The van der Waals surface area contributed by atoms with Crippen LogP contribution in [-0.2, 0) is 6.42 Å². The number of rotatable bonds is 2. The van der Waals surface area contributed by atoms with E-state index in [0.29, 0.717) is 0 Å². The number of benzene rings is 2. The summed E-state index contributed by atoms with van der Waals surface area (Å²) in [5, 5.41) is 0.582. The number of alkyl halides is 1. The molecule has 0 N–H and O–H groups in total. The lowest BCUT2D eigenvalue weighted by Crippen LogP contribution is -1.93. The van der Waals surface area contributed by atoms with Crippen LogP contribution >= 0.6 is 23.2 Å². The maximum absolute atomic E-state index is 6.50. The molecule has 1 nitrogen and oxygen atoms in total. The van der Waals surface area contributed by atoms with Gasteiger partial charge in [0.05, 0.1) is 12.0 Å². The summed E-state index contributed by atoms with van der Waals surface area (Å²) in [5.41, 5.74) is 3.40. The molecule has 0 radical (unpaired) electrons. The zero-order valence-corrected chi connectivity index (χ0v) is 11.2. The Morgan fingerprint density at radius 1 is 1.00 bits per heavy atom. The van der Waals surface area contributed by atoms with Crippen molar-refractivity contribution >= 4 is 23.2 Å². The van der Waals surface area contributed by atoms with Gasteiger partial charge in [-0.2, -0.15) is 0 Å². The molecule has 0 spiro atoms. The molecule has 0 saturated heterocycles. The fourth-order valence-corrected chi connectivity index (χ4v) is 2.60. The van der Waals surface area contributed by atoms with Gasteiger partial charge in [0.1, 0.15) is 5.75 Å². The number of fused-ring (bicyclic) bond motifs is 1. The minimum atomic E-state index is -0.145. The molecule has 92 valence electrons. The predicted molar refractivity (Wildman–Crippen MR) is 74.8 cm³/mol. The molecule has 0 aromatic heterocycles. The van der Waals surface area contributed by atoms with Gasteiger partial charge < -0.3 is 4.74 Å². The van der Waals surface area contributed by atoms with Gasteiger partial charge in [0.2, 0.25) is 0 Å². The van der Waals surface area contributed by atoms with Crippen molar-refractivity contribution in [3.8, 4) is 5.75 Å². The average molecular weight is 279 g/mol. The molecule has 2 aromatic carbocycles. The van der Waals surface area contributed by atoms with Crippen molar-refractivity contribution in [2.45, 2.75) is 11.8 Å². The van der Waals surface area contributed by atoms with Crippen LogP contribution in [0, 0.1) is 0 Å². The van der Waals surface area contributed by atoms with Crippen LogP contribution in [0.4, 0.5) is 0 Å². The molecule has 3 rings (SSSR count). The normalized spacial score (nSPS) is 15.0. The molecule has 0 bridgehead atoms. The Morgan fingerprint density at radius 3 is 2.50 bits per heavy atom. The van der Waals surface area contributed by atoms with Gasteiger partial charge in [-0.3, -0.25) is 0 Å². The van der Waals surface area contributed by atoms with Crippen LogP contribution in [0.25, 0.3) is 0 Å². The summed E-state index contributed by atoms with van der Waals surface area (Å²) in [6, 6.07) is 13.8. The van der Waals surface area contributed by atoms with Crippen LogP contribution in [0.15, 0.2) is 42.5 Å². The van der Waals surface area contributed by atoms with Crippen LogP contribution in [-0.4, -0.2) is 6.61 Å². The Labute approximate surface area is 116 Å². The van der Waals surface area contributed by atoms with E-state index in [4.69, 9.17) is 27.9 Å². The van der Waals surface area contributed by atoms with E-state index in [2.05, 4.69) is 6.07 Å². The Bertz CT molecular complexity index is 563. The van der Waals surface area contributed by atoms with Crippen molar-refractivity contribution in [1.82, 2.24) is 0 Å². The molecule has 2 aromatic rings. The lowest BCUT2D eigenvalue weighted by Gasteiger charge is -2.11. The summed E-state index contributed by atoms with van der Waals surface area (Å²) in [4.78, 5) is 0. The van der Waals surface area contributed by atoms with Gasteiger partial charge >= 0.3 is 0 Å². The first-order valence-corrected chi connectivity index (χ1v) is 6.70. The van der Waals surface area contributed by atoms with Crippen molar-refractivity contribution in [2.75, 3.05) is 6.61 Å². The molecule has 1 heterocycles. The minimum absolute atomic E-state index is 0.145. The number of halogens is 2. The third kappa shape index (κ3) is 2.21. The highest BCUT2D eigenvalue weighted by Gasteiger charge is 2.16. The Hall–Kier alpha value is -1.18. The second kappa shape index (κ2) is 4.83. The summed E-state index contributed by atoms with van der Waals surface area (Å²) >= 11 is 12.4. The van der Waals surface area contributed by atoms with Crippen LogP contribution in [0.5, 0.6) is 5.75 Å². The Balaban J connectivity index is 1.92. The molecule has 1 atom stereocenters. The summed E-state index contributed by atoms with van der Waals surface area (Å²) < 4.78 is 5.49. The third-order valence-electron chi connectivity index (χ3n) is 3.17. The van der Waals surface area contributed by atoms with Gasteiger partial charge in [-0.1, -0.05) is 35.9 Å². The molecular formula is C15H12Cl2O. The van der Waals surface area contributed by atoms with E-state index in [-0.39, 0.29) is 5.38 Å². The summed E-state index contributed by atoms with van der Waals surface area (Å²) in [6.45, 7) is 0.771. The van der Waals surface area contributed by atoms with Crippen molar-refractivity contribution in [3.63, 3.8) is 0 Å². The van der Waals surface area contributed by atoms with Crippen LogP contribution in [0.2, 0.25) is 5.02 Å². The first-order valence-electron chi connectivity index (χ1n) is 5.89. The second-order valence-electron chi connectivity index (χ2n) is 4.38. The van der Waals surface area contributed by atoms with E-state index >= 15 is 0 Å². The summed E-state index contributed by atoms with van der Waals surface area (Å²) in [5.74, 6) is 0.985. The third-order valence-corrected chi connectivity index (χ3v) is 3.92. The largest absolute Gasteiger partial charge is 0.493 e. The van der Waals surface area contributed by atoms with Gasteiger partial charge in [-0.05, 0) is 34.9 Å². The standard InChI is InChI=1S/C15H12Cl2O/c16-13-4-1-10(2-5-13)15(17)12-3-6-14-11(9-12)7-8-18-14/h1-6,9,15H,7-8H2. The Morgan fingerprint density at radius 2 is 1.72 bits per heavy atom. The van der Waals surface area contributed by atoms with Gasteiger partial charge in [0.25, 0.3) is 0 Å². The first-order chi connectivity index (χ1) is 8.74. The monoisotopic (exact) mass is 278 g/mol. The molecule has 18 heavy (non-hydrogen) atoms. The van der Waals surface area contributed by atoms with Gasteiger partial charge in [-0.25, -0.2) is 0 Å². The van der Waals surface area contributed by atoms with E-state index in [1.807, 2.05) is 36.4 Å². The Kier molecular flexibility index (Phi) is 3.19. The minimum Gasteiger partial charge on any atom is -0.493 e. The van der Waals surface area contributed by atoms with Crippen LogP contribution in [0.3, 0.4) is 0 Å². The smallest absolute Gasteiger partial charge is 0.122 e. The summed E-state index contributed by atoms with van der Waals surface area (Å²) in [6.07, 6.45) is 0.966. The molecule has 0 fully saturated rings. The maximum atomic E-state index is 6.50. The topological polar surface area (TPSA) is 9.23 Å². The summed E-state index contributed by atoms with van der Waals surface area (Å²) in [7, 11) is 0. The zero-order chi connectivity index (χ0) is 12.5. The van der Waals surface area contributed by atoms with Crippen molar-refractivity contribution in [3.05, 3.63) is 64.2 Å². The molecule has 1 unspecified atom stereocenters. The van der Waals surface area contributed by atoms with Crippen molar-refractivity contribution < 1.29 is 4.74 Å². The van der Waals surface area contributed by atoms with E-state index in [9.17, 15) is 0 Å². The lowest BCUT2D eigenvalue weighted by molar-refractivity contribution is 0.357. The van der Waals surface area contributed by atoms with E-state index in [0.717, 1.165) is 34.9 Å². The molecule has 0 aliphatic carbocycles. The highest BCUT2D eigenvalue weighted by Crippen LogP contribution is 2.34. The molecule has 0 amide bonds. The molecule has 1 aliphatic rings. The van der Waals surface area contributed by atoms with Crippen molar-refractivity contribution in [2.24, 2.45) is 0 Å². The van der Waals surface area contributed by atoms with Gasteiger partial charge in [-0.15, -0.1) is 11.6 Å². The highest BCUT2D eigenvalue weighted by molar-refractivity contribution is 6.30. The SMILES string of the molecule is Clc1ccc(C(Cl)c2ccc3c(c2)CCO3)cc1. The second-order valence-corrected chi connectivity index (χ2v) is 5.25. The van der Waals surface area contributed by atoms with Crippen LogP contribution < -0.4 is 4.74 Å². The lowest BCUT2D eigenvalue weighted by atomic mass is 10.0. The first kappa shape index (κ1) is 11.9. The van der Waals surface area contributed by atoms with Gasteiger partial charge in [0, 0.05) is 11.4 Å². The van der Waals surface area contributed by atoms with Crippen molar-refractivity contribution in [1.29, 1.82) is 0 Å². The fourth-order valence-electron chi connectivity index (χ4n) is 2.19. The number of hydrogen-bond donors (Lipinski definition) is 0. The van der Waals surface area contributed by atoms with E-state index in [1.54, 1.807) is 0 Å². The van der Waals surface area contributed by atoms with Gasteiger partial charge in [0.15, 0.2) is 0 Å². The van der Waals surface area contributed by atoms with Crippen LogP contribution in [0.1, 0.15) is 22.1 Å². The fraction of sp³-hybridized carbons (Fsp3) is 0.200. The average Bonchev–Trinajstić information content (AvgIpc) is 2.86. The molecule has 1 aliphatic heterocycles. The highest BCUT2D eigenvalue weighted by atomic mass is 35.5. The quantitative estimate of drug-likeness (QED) is 0.730. The molecule has 0 saturated carbocycles. The molecular weight excluding hydrogens is 267 g/mol. The zero-order valence-electron chi connectivity index (χ0n) is 9.70. The number of ether oxygens (including phenoxy) is 1. The van der Waals surface area contributed by atoms with E-state index in [1.165, 1.54) is 5.56 Å². The molecule has 3 heteroatoms. The van der Waals surface area contributed by atoms with E-state index < -0.39 is 0 Å².